The van der Waals surface area contributed by atoms with E-state index in [9.17, 15) is 4.79 Å². The smallest absolute Gasteiger partial charge is 0.302 e. The zero-order valence-corrected chi connectivity index (χ0v) is 8.01. The Bertz CT molecular complexity index is 126. The largest absolute Gasteiger partial charge is 0.463 e. The SMILES string of the molecule is CCCCC(CCN)OC(C)=O. The second-order valence-corrected chi connectivity index (χ2v) is 2.95. The van der Waals surface area contributed by atoms with Gasteiger partial charge in [0.1, 0.15) is 6.10 Å². The highest BCUT2D eigenvalue weighted by atomic mass is 16.5. The molecule has 0 rings (SSSR count). The van der Waals surface area contributed by atoms with E-state index < -0.39 is 0 Å². The van der Waals surface area contributed by atoms with Crippen molar-refractivity contribution in [1.29, 1.82) is 0 Å². The number of ether oxygens (including phenoxy) is 1. The number of carbonyl (C=O) groups is 1. The van der Waals surface area contributed by atoms with Crippen molar-refractivity contribution in [3.63, 3.8) is 0 Å². The third-order valence-electron chi connectivity index (χ3n) is 1.70. The molecule has 0 aliphatic rings. The minimum atomic E-state index is -0.204. The summed E-state index contributed by atoms with van der Waals surface area (Å²) in [5, 5.41) is 0. The molecule has 1 unspecified atom stereocenters. The Morgan fingerprint density at radius 2 is 2.17 bits per heavy atom. The van der Waals surface area contributed by atoms with Gasteiger partial charge in [-0.05, 0) is 19.4 Å². The molecule has 0 saturated heterocycles. The van der Waals surface area contributed by atoms with Crippen LogP contribution in [-0.4, -0.2) is 18.6 Å². The Morgan fingerprint density at radius 3 is 2.58 bits per heavy atom. The molecule has 0 saturated carbocycles. The summed E-state index contributed by atoms with van der Waals surface area (Å²) in [5.41, 5.74) is 5.39. The lowest BCUT2D eigenvalue weighted by Crippen LogP contribution is -2.20. The first-order valence-corrected chi connectivity index (χ1v) is 4.58. The molecule has 0 radical (unpaired) electrons. The second-order valence-electron chi connectivity index (χ2n) is 2.95. The van der Waals surface area contributed by atoms with Gasteiger partial charge in [-0.15, -0.1) is 0 Å². The molecule has 0 aromatic rings. The van der Waals surface area contributed by atoms with Crippen molar-refractivity contribution in [3.8, 4) is 0 Å². The maximum absolute atomic E-state index is 10.6. The van der Waals surface area contributed by atoms with Gasteiger partial charge in [0, 0.05) is 6.92 Å². The zero-order valence-electron chi connectivity index (χ0n) is 8.01. The molecule has 0 aliphatic carbocycles. The fourth-order valence-corrected chi connectivity index (χ4v) is 1.11. The summed E-state index contributed by atoms with van der Waals surface area (Å²) in [5.74, 6) is -0.204. The first-order valence-electron chi connectivity index (χ1n) is 4.58. The summed E-state index contributed by atoms with van der Waals surface area (Å²) < 4.78 is 5.07. The van der Waals surface area contributed by atoms with Crippen LogP contribution in [0.3, 0.4) is 0 Å². The molecule has 0 aromatic carbocycles. The highest BCUT2D eigenvalue weighted by Gasteiger charge is 2.09. The van der Waals surface area contributed by atoms with Crippen LogP contribution in [-0.2, 0) is 9.53 Å². The van der Waals surface area contributed by atoms with E-state index in [1.165, 1.54) is 6.92 Å². The van der Waals surface area contributed by atoms with Crippen LogP contribution >= 0.6 is 0 Å². The Kier molecular flexibility index (Phi) is 6.76. The summed E-state index contributed by atoms with van der Waals surface area (Å²) in [6.45, 7) is 4.14. The highest BCUT2D eigenvalue weighted by molar-refractivity contribution is 5.66. The number of hydrogen-bond acceptors (Lipinski definition) is 3. The van der Waals surface area contributed by atoms with Crippen LogP contribution < -0.4 is 5.73 Å². The monoisotopic (exact) mass is 173 g/mol. The molecule has 0 spiro atoms. The molecule has 12 heavy (non-hydrogen) atoms. The van der Waals surface area contributed by atoms with Crippen molar-refractivity contribution >= 4 is 5.97 Å². The van der Waals surface area contributed by atoms with E-state index in [0.717, 1.165) is 25.7 Å². The lowest BCUT2D eigenvalue weighted by atomic mass is 10.1. The number of carbonyl (C=O) groups excluding carboxylic acids is 1. The van der Waals surface area contributed by atoms with E-state index in [1.807, 2.05) is 0 Å². The first-order chi connectivity index (χ1) is 5.70. The lowest BCUT2D eigenvalue weighted by molar-refractivity contribution is -0.146. The van der Waals surface area contributed by atoms with E-state index in [-0.39, 0.29) is 12.1 Å². The van der Waals surface area contributed by atoms with Gasteiger partial charge in [0.25, 0.3) is 0 Å². The van der Waals surface area contributed by atoms with Gasteiger partial charge in [0.05, 0.1) is 0 Å². The maximum atomic E-state index is 10.6. The van der Waals surface area contributed by atoms with Gasteiger partial charge in [-0.2, -0.15) is 0 Å². The van der Waals surface area contributed by atoms with E-state index in [2.05, 4.69) is 6.92 Å². The zero-order chi connectivity index (χ0) is 9.40. The molecule has 0 amide bonds. The van der Waals surface area contributed by atoms with E-state index >= 15 is 0 Å². The van der Waals surface area contributed by atoms with Crippen LogP contribution in [0.1, 0.15) is 39.5 Å². The van der Waals surface area contributed by atoms with Crippen molar-refractivity contribution in [2.45, 2.75) is 45.6 Å². The summed E-state index contributed by atoms with van der Waals surface area (Å²) in [6, 6.07) is 0. The predicted molar refractivity (Wildman–Crippen MR) is 48.8 cm³/mol. The molecule has 3 heteroatoms. The molecule has 0 aromatic heterocycles. The maximum Gasteiger partial charge on any atom is 0.302 e. The molecule has 3 nitrogen and oxygen atoms in total. The third kappa shape index (κ3) is 6.16. The molecule has 2 N–H and O–H groups in total. The average molecular weight is 173 g/mol. The van der Waals surface area contributed by atoms with Crippen LogP contribution in [0.4, 0.5) is 0 Å². The number of hydrogen-bond donors (Lipinski definition) is 1. The van der Waals surface area contributed by atoms with Crippen molar-refractivity contribution in [3.05, 3.63) is 0 Å². The lowest BCUT2D eigenvalue weighted by Gasteiger charge is -2.15. The van der Waals surface area contributed by atoms with Gasteiger partial charge in [0.2, 0.25) is 0 Å². The van der Waals surface area contributed by atoms with Crippen LogP contribution in [0.15, 0.2) is 0 Å². The van der Waals surface area contributed by atoms with Gasteiger partial charge in [-0.3, -0.25) is 4.79 Å². The number of nitrogens with two attached hydrogens (primary N) is 1. The summed E-state index contributed by atoms with van der Waals surface area (Å²) in [7, 11) is 0. The Hall–Kier alpha value is -0.570. The minimum Gasteiger partial charge on any atom is -0.463 e. The Morgan fingerprint density at radius 1 is 1.50 bits per heavy atom. The Balaban J connectivity index is 3.61. The van der Waals surface area contributed by atoms with E-state index in [0.29, 0.717) is 6.54 Å². The predicted octanol–water partition coefficient (Wildman–Crippen LogP) is 1.46. The normalized spacial score (nSPS) is 12.6. The van der Waals surface area contributed by atoms with Gasteiger partial charge >= 0.3 is 5.97 Å². The molecule has 0 heterocycles. The molecule has 0 bridgehead atoms. The van der Waals surface area contributed by atoms with Gasteiger partial charge < -0.3 is 10.5 Å². The van der Waals surface area contributed by atoms with Crippen molar-refractivity contribution < 1.29 is 9.53 Å². The molecular weight excluding hydrogens is 154 g/mol. The van der Waals surface area contributed by atoms with Gasteiger partial charge in [0.15, 0.2) is 0 Å². The molecule has 0 fully saturated rings. The van der Waals surface area contributed by atoms with Crippen LogP contribution in [0.2, 0.25) is 0 Å². The van der Waals surface area contributed by atoms with E-state index in [1.54, 1.807) is 0 Å². The van der Waals surface area contributed by atoms with Crippen molar-refractivity contribution in [2.75, 3.05) is 6.54 Å². The van der Waals surface area contributed by atoms with Crippen molar-refractivity contribution in [1.82, 2.24) is 0 Å². The fourth-order valence-electron chi connectivity index (χ4n) is 1.11. The van der Waals surface area contributed by atoms with Crippen LogP contribution in [0, 0.1) is 0 Å². The number of unbranched alkanes of at least 4 members (excludes halogenated alkanes) is 1. The Labute approximate surface area is 74.3 Å². The summed E-state index contributed by atoms with van der Waals surface area (Å²) in [6.07, 6.45) is 3.97. The summed E-state index contributed by atoms with van der Waals surface area (Å²) in [4.78, 5) is 10.6. The number of rotatable bonds is 6. The first kappa shape index (κ1) is 11.4. The topological polar surface area (TPSA) is 52.3 Å². The van der Waals surface area contributed by atoms with Gasteiger partial charge in [-0.1, -0.05) is 19.8 Å². The standard InChI is InChI=1S/C9H19NO2/c1-3-4-5-9(6-7-10)12-8(2)11/h9H,3-7,10H2,1-2H3. The molecule has 0 aliphatic heterocycles. The average Bonchev–Trinajstić information content (AvgIpc) is 2.00. The summed E-state index contributed by atoms with van der Waals surface area (Å²) >= 11 is 0. The van der Waals surface area contributed by atoms with E-state index in [4.69, 9.17) is 10.5 Å². The quantitative estimate of drug-likeness (QED) is 0.619. The van der Waals surface area contributed by atoms with Crippen LogP contribution in [0.25, 0.3) is 0 Å². The second kappa shape index (κ2) is 7.10. The molecule has 1 atom stereocenters. The minimum absolute atomic E-state index is 0.0347. The van der Waals surface area contributed by atoms with Crippen molar-refractivity contribution in [2.24, 2.45) is 5.73 Å². The number of esters is 1. The molecule has 72 valence electrons. The highest BCUT2D eigenvalue weighted by Crippen LogP contribution is 2.08. The fraction of sp³-hybridized carbons (Fsp3) is 0.889. The van der Waals surface area contributed by atoms with Crippen LogP contribution in [0.5, 0.6) is 0 Å². The molecular formula is C9H19NO2. The third-order valence-corrected chi connectivity index (χ3v) is 1.70. The van der Waals surface area contributed by atoms with Gasteiger partial charge in [-0.25, -0.2) is 0 Å².